The number of amides is 2. The van der Waals surface area contributed by atoms with Crippen LogP contribution in [-0.2, 0) is 0 Å². The van der Waals surface area contributed by atoms with Crippen molar-refractivity contribution in [1.82, 2.24) is 10.6 Å². The van der Waals surface area contributed by atoms with Crippen molar-refractivity contribution in [3.63, 3.8) is 0 Å². The number of benzene rings is 1. The molecule has 0 bridgehead atoms. The van der Waals surface area contributed by atoms with Crippen LogP contribution < -0.4 is 10.6 Å². The molecule has 7 heteroatoms. The zero-order valence-corrected chi connectivity index (χ0v) is 14.7. The van der Waals surface area contributed by atoms with Crippen LogP contribution in [0.15, 0.2) is 24.3 Å². The van der Waals surface area contributed by atoms with Crippen molar-refractivity contribution in [2.75, 3.05) is 6.54 Å². The molecule has 0 heterocycles. The zero-order chi connectivity index (χ0) is 18.3. The molecule has 2 atom stereocenters. The lowest BCUT2D eigenvalue weighted by Crippen LogP contribution is -2.42. The Morgan fingerprint density at radius 3 is 2.62 bits per heavy atom. The number of nitrogens with one attached hydrogen (secondary N) is 2. The van der Waals surface area contributed by atoms with Gasteiger partial charge in [0.1, 0.15) is 0 Å². The fourth-order valence-corrected chi connectivity index (χ4v) is 2.68. The van der Waals surface area contributed by atoms with Gasteiger partial charge in [-0.3, -0.25) is 10.1 Å². The van der Waals surface area contributed by atoms with Crippen LogP contribution >= 0.6 is 0 Å². The van der Waals surface area contributed by atoms with Crippen LogP contribution in [0.2, 0.25) is 0 Å². The smallest absolute Gasteiger partial charge is 0.315 e. The minimum atomic E-state index is -0.450. The Balaban J connectivity index is 2.66. The van der Waals surface area contributed by atoms with Gasteiger partial charge in [-0.25, -0.2) is 4.79 Å². The van der Waals surface area contributed by atoms with Crippen LogP contribution in [0, 0.1) is 15.5 Å². The lowest BCUT2D eigenvalue weighted by atomic mass is 9.87. The molecule has 0 radical (unpaired) electrons. The molecule has 7 nitrogen and oxygen atoms in total. The van der Waals surface area contributed by atoms with Gasteiger partial charge in [-0.1, -0.05) is 32.9 Å². The Hall–Kier alpha value is -2.15. The van der Waals surface area contributed by atoms with Gasteiger partial charge in [-0.2, -0.15) is 0 Å². The van der Waals surface area contributed by atoms with E-state index < -0.39 is 11.0 Å². The molecule has 2 unspecified atom stereocenters. The van der Waals surface area contributed by atoms with Crippen LogP contribution in [0.4, 0.5) is 10.5 Å². The summed E-state index contributed by atoms with van der Waals surface area (Å²) in [5, 5.41) is 26.0. The third-order valence-electron chi connectivity index (χ3n) is 3.77. The summed E-state index contributed by atoms with van der Waals surface area (Å²) >= 11 is 0. The number of hydrogen-bond acceptors (Lipinski definition) is 4. The number of aliphatic hydroxyl groups excluding tert-OH is 1. The molecule has 2 amide bonds. The number of aliphatic hydroxyl groups is 1. The van der Waals surface area contributed by atoms with Gasteiger partial charge in [-0.05, 0) is 30.7 Å². The van der Waals surface area contributed by atoms with Crippen molar-refractivity contribution in [2.45, 2.75) is 52.7 Å². The molecule has 0 aliphatic carbocycles. The van der Waals surface area contributed by atoms with Crippen molar-refractivity contribution in [3.8, 4) is 0 Å². The Morgan fingerprint density at radius 1 is 1.42 bits per heavy atom. The van der Waals surface area contributed by atoms with Crippen LogP contribution in [0.25, 0.3) is 0 Å². The predicted octanol–water partition coefficient (Wildman–Crippen LogP) is 3.14. The summed E-state index contributed by atoms with van der Waals surface area (Å²) < 4.78 is 0. The minimum Gasteiger partial charge on any atom is -0.393 e. The SMILES string of the molecule is CCC(NC(=O)NCC(C)(C)CC(C)O)c1cccc([N+](=O)[O-])c1. The molecule has 0 spiro atoms. The highest BCUT2D eigenvalue weighted by Crippen LogP contribution is 2.22. The number of nitrogens with zero attached hydrogens (tertiary/aromatic N) is 1. The second-order valence-electron chi connectivity index (χ2n) is 6.86. The van der Waals surface area contributed by atoms with Gasteiger partial charge in [0, 0.05) is 18.7 Å². The van der Waals surface area contributed by atoms with Crippen molar-refractivity contribution in [1.29, 1.82) is 0 Å². The number of hydrogen-bond donors (Lipinski definition) is 3. The van der Waals surface area contributed by atoms with Crippen LogP contribution in [0.1, 0.15) is 52.1 Å². The molecule has 1 rings (SSSR count). The van der Waals surface area contributed by atoms with Gasteiger partial charge in [0.2, 0.25) is 0 Å². The lowest BCUT2D eigenvalue weighted by molar-refractivity contribution is -0.384. The van der Waals surface area contributed by atoms with E-state index in [-0.39, 0.29) is 23.2 Å². The molecule has 0 aliphatic heterocycles. The third-order valence-corrected chi connectivity index (χ3v) is 3.77. The summed E-state index contributed by atoms with van der Waals surface area (Å²) in [5.74, 6) is 0. The number of carbonyl (C=O) groups is 1. The Kier molecular flexibility index (Phi) is 7.16. The average molecular weight is 337 g/mol. The van der Waals surface area contributed by atoms with Crippen LogP contribution in [-0.4, -0.2) is 28.7 Å². The standard InChI is InChI=1S/C17H27N3O4/c1-5-15(13-7-6-8-14(9-13)20(23)24)19-16(22)18-11-17(3,4)10-12(2)21/h6-9,12,15,21H,5,10-11H2,1-4H3,(H2,18,19,22). The molecular weight excluding hydrogens is 310 g/mol. The fourth-order valence-electron chi connectivity index (χ4n) is 2.68. The summed E-state index contributed by atoms with van der Waals surface area (Å²) in [5.41, 5.74) is 0.481. The molecule has 0 saturated heterocycles. The molecular formula is C17H27N3O4. The molecule has 0 saturated carbocycles. The van der Waals surface area contributed by atoms with Gasteiger partial charge in [0.25, 0.3) is 5.69 Å². The summed E-state index contributed by atoms with van der Waals surface area (Å²) in [4.78, 5) is 22.5. The predicted molar refractivity (Wildman–Crippen MR) is 92.7 cm³/mol. The summed E-state index contributed by atoms with van der Waals surface area (Å²) in [7, 11) is 0. The van der Waals surface area contributed by atoms with Gasteiger partial charge in [-0.15, -0.1) is 0 Å². The minimum absolute atomic E-state index is 0.00576. The normalized spacial score (nSPS) is 13.9. The first-order chi connectivity index (χ1) is 11.1. The topological polar surface area (TPSA) is 104 Å². The fraction of sp³-hybridized carbons (Fsp3) is 0.588. The van der Waals surface area contributed by atoms with Gasteiger partial charge >= 0.3 is 6.03 Å². The van der Waals surface area contributed by atoms with E-state index in [1.54, 1.807) is 19.1 Å². The number of non-ortho nitro benzene ring substituents is 1. The maximum absolute atomic E-state index is 12.1. The first kappa shape index (κ1) is 19.9. The molecule has 134 valence electrons. The van der Waals surface area contributed by atoms with E-state index in [1.807, 2.05) is 20.8 Å². The summed E-state index contributed by atoms with van der Waals surface area (Å²) in [6, 6.07) is 5.65. The highest BCUT2D eigenvalue weighted by atomic mass is 16.6. The highest BCUT2D eigenvalue weighted by Gasteiger charge is 2.22. The molecule has 1 aromatic carbocycles. The number of rotatable bonds is 8. The average Bonchev–Trinajstić information content (AvgIpc) is 2.49. The third kappa shape index (κ3) is 6.54. The van der Waals surface area contributed by atoms with Crippen LogP contribution in [0.3, 0.4) is 0 Å². The maximum atomic E-state index is 12.1. The number of urea groups is 1. The number of carbonyl (C=O) groups excluding carboxylic acids is 1. The van der Waals surface area contributed by atoms with Crippen LogP contribution in [0.5, 0.6) is 0 Å². The monoisotopic (exact) mass is 337 g/mol. The zero-order valence-electron chi connectivity index (χ0n) is 14.7. The van der Waals surface area contributed by atoms with E-state index in [1.165, 1.54) is 12.1 Å². The Bertz CT molecular complexity index is 573. The van der Waals surface area contributed by atoms with Gasteiger partial charge < -0.3 is 15.7 Å². The van der Waals surface area contributed by atoms with E-state index in [2.05, 4.69) is 10.6 Å². The van der Waals surface area contributed by atoms with Gasteiger partial charge in [0.15, 0.2) is 0 Å². The van der Waals surface area contributed by atoms with Crippen molar-refractivity contribution < 1.29 is 14.8 Å². The van der Waals surface area contributed by atoms with E-state index >= 15 is 0 Å². The number of nitro benzene ring substituents is 1. The first-order valence-corrected chi connectivity index (χ1v) is 8.11. The van der Waals surface area contributed by atoms with E-state index in [9.17, 15) is 20.0 Å². The number of nitro groups is 1. The summed E-state index contributed by atoms with van der Waals surface area (Å²) in [6.45, 7) is 7.99. The Morgan fingerprint density at radius 2 is 2.08 bits per heavy atom. The maximum Gasteiger partial charge on any atom is 0.315 e. The molecule has 0 aromatic heterocycles. The van der Waals surface area contributed by atoms with Crippen molar-refractivity contribution in [2.24, 2.45) is 5.41 Å². The van der Waals surface area contributed by atoms with E-state index in [0.717, 1.165) is 0 Å². The highest BCUT2D eigenvalue weighted by molar-refractivity contribution is 5.74. The largest absolute Gasteiger partial charge is 0.393 e. The second kappa shape index (κ2) is 8.63. The molecule has 3 N–H and O–H groups in total. The van der Waals surface area contributed by atoms with E-state index in [0.29, 0.717) is 24.9 Å². The first-order valence-electron chi connectivity index (χ1n) is 8.11. The molecule has 0 fully saturated rings. The van der Waals surface area contributed by atoms with Gasteiger partial charge in [0.05, 0.1) is 17.1 Å². The summed E-state index contributed by atoms with van der Waals surface area (Å²) in [6.07, 6.45) is 0.763. The Labute approximate surface area is 142 Å². The van der Waals surface area contributed by atoms with Crippen molar-refractivity contribution >= 4 is 11.7 Å². The quantitative estimate of drug-likeness (QED) is 0.500. The van der Waals surface area contributed by atoms with E-state index in [4.69, 9.17) is 0 Å². The van der Waals surface area contributed by atoms with Crippen molar-refractivity contribution in [3.05, 3.63) is 39.9 Å². The molecule has 0 aliphatic rings. The molecule has 24 heavy (non-hydrogen) atoms. The molecule has 1 aromatic rings. The second-order valence-corrected chi connectivity index (χ2v) is 6.86. The lowest BCUT2D eigenvalue weighted by Gasteiger charge is -2.27.